The number of imidazole rings is 1. The van der Waals surface area contributed by atoms with Crippen LogP contribution in [0, 0.1) is 25.1 Å². The van der Waals surface area contributed by atoms with Gasteiger partial charge in [0, 0.05) is 78.7 Å². The van der Waals surface area contributed by atoms with E-state index in [0.29, 0.717) is 64.9 Å². The van der Waals surface area contributed by atoms with Gasteiger partial charge in [0.15, 0.2) is 0 Å². The van der Waals surface area contributed by atoms with Crippen molar-refractivity contribution in [2.24, 2.45) is 0 Å². The molecule has 1 saturated heterocycles. The number of aromatic nitrogens is 2. The molecule has 39 heavy (non-hydrogen) atoms. The highest BCUT2D eigenvalue weighted by atomic mass is 31.2. The first-order valence-electron chi connectivity index (χ1n) is 13.3. The molecule has 0 radical (unpaired) electrons. The van der Waals surface area contributed by atoms with Crippen LogP contribution in [0.25, 0.3) is 11.5 Å². The molecule has 1 aliphatic heterocycles. The topological polar surface area (TPSA) is 104 Å². The number of nitrogens with one attached hydrogen (secondary N) is 4. The highest BCUT2D eigenvalue weighted by Gasteiger charge is 2.27. The lowest BCUT2D eigenvalue weighted by Crippen LogP contribution is -2.41. The van der Waals surface area contributed by atoms with Crippen molar-refractivity contribution in [2.75, 3.05) is 36.5 Å². The number of halogens is 1. The Labute approximate surface area is 229 Å². The van der Waals surface area contributed by atoms with Gasteiger partial charge in [0.05, 0.1) is 5.69 Å². The Bertz CT molecular complexity index is 1520. The zero-order chi connectivity index (χ0) is 28.5. The van der Waals surface area contributed by atoms with E-state index in [2.05, 4.69) is 16.0 Å². The van der Waals surface area contributed by atoms with Crippen LogP contribution in [0.4, 0.5) is 15.8 Å². The third-order valence-electron chi connectivity index (χ3n) is 7.54. The molecule has 0 aliphatic carbocycles. The number of hydrogen-bond acceptors (Lipinski definition) is 6. The molecular formula is C29H38FN6O2P. The van der Waals surface area contributed by atoms with Crippen LogP contribution in [0.2, 0.25) is 0 Å². The lowest BCUT2D eigenvalue weighted by Gasteiger charge is -2.28. The molecule has 1 aromatic heterocycles. The summed E-state index contributed by atoms with van der Waals surface area (Å²) in [6.07, 6.45) is 5.02. The number of hydrogen-bond donors (Lipinski definition) is 4. The molecule has 0 amide bonds. The Balaban J connectivity index is 1.86. The van der Waals surface area contributed by atoms with E-state index in [4.69, 9.17) is 5.41 Å². The fourth-order valence-electron chi connectivity index (χ4n) is 5.21. The van der Waals surface area contributed by atoms with Crippen molar-refractivity contribution < 1.29 is 8.96 Å². The third-order valence-corrected chi connectivity index (χ3v) is 10.9. The van der Waals surface area contributed by atoms with Crippen molar-refractivity contribution in [3.05, 3.63) is 75.7 Å². The molecule has 3 aromatic rings. The number of benzene rings is 2. The van der Waals surface area contributed by atoms with Crippen molar-refractivity contribution in [1.82, 2.24) is 14.5 Å². The van der Waals surface area contributed by atoms with Crippen LogP contribution in [0.3, 0.4) is 0 Å². The quantitative estimate of drug-likeness (QED) is 0.290. The molecule has 2 heterocycles. The third kappa shape index (κ3) is 5.38. The zero-order valence-electron chi connectivity index (χ0n) is 23.5. The first-order valence-corrected chi connectivity index (χ1v) is 15.4. The molecule has 1 aliphatic rings. The summed E-state index contributed by atoms with van der Waals surface area (Å²) in [7, 11) is -0.748. The Morgan fingerprint density at radius 1 is 1.15 bits per heavy atom. The lowest BCUT2D eigenvalue weighted by atomic mass is 9.96. The maximum Gasteiger partial charge on any atom is 0.338 e. The minimum absolute atomic E-state index is 0.168. The molecule has 0 bridgehead atoms. The van der Waals surface area contributed by atoms with E-state index >= 15 is 0 Å². The molecule has 1 atom stereocenters. The minimum Gasteiger partial charge on any atom is -0.387 e. The number of rotatable bonds is 8. The second kappa shape index (κ2) is 11.4. The van der Waals surface area contributed by atoms with E-state index < -0.39 is 7.14 Å². The summed E-state index contributed by atoms with van der Waals surface area (Å²) < 4.78 is 30.8. The van der Waals surface area contributed by atoms with Crippen molar-refractivity contribution in [1.29, 1.82) is 5.41 Å². The van der Waals surface area contributed by atoms with Crippen molar-refractivity contribution in [3.8, 4) is 5.69 Å². The van der Waals surface area contributed by atoms with Gasteiger partial charge in [0.1, 0.15) is 18.8 Å². The molecule has 2 aromatic carbocycles. The van der Waals surface area contributed by atoms with Gasteiger partial charge < -0.3 is 25.9 Å². The summed E-state index contributed by atoms with van der Waals surface area (Å²) in [6.45, 7) is 9.93. The normalized spacial score (nSPS) is 17.3. The summed E-state index contributed by atoms with van der Waals surface area (Å²) in [6, 6.07) is 8.75. The SMILES string of the molecule is CCP(=O)(CC)c1ccc(-n2ccn(/C(Nc3cc(C)c(F)c(C)c3)=C3/C(=N)CCN[C@H]3C)c2=O)cc1NC. The van der Waals surface area contributed by atoms with Crippen LogP contribution in [0.1, 0.15) is 38.3 Å². The molecular weight excluding hydrogens is 514 g/mol. The van der Waals surface area contributed by atoms with Crippen molar-refractivity contribution in [2.45, 2.75) is 47.1 Å². The van der Waals surface area contributed by atoms with Gasteiger partial charge in [0.2, 0.25) is 0 Å². The molecule has 208 valence electrons. The van der Waals surface area contributed by atoms with Gasteiger partial charge in [-0.25, -0.2) is 9.18 Å². The van der Waals surface area contributed by atoms with E-state index in [-0.39, 0.29) is 17.5 Å². The maximum absolute atomic E-state index is 14.3. The molecule has 1 fully saturated rings. The van der Waals surface area contributed by atoms with Gasteiger partial charge >= 0.3 is 5.69 Å². The first-order chi connectivity index (χ1) is 18.5. The number of anilines is 2. The van der Waals surface area contributed by atoms with Crippen LogP contribution in [0.15, 0.2) is 53.1 Å². The van der Waals surface area contributed by atoms with Crippen LogP contribution in [-0.4, -0.2) is 46.8 Å². The molecule has 10 heteroatoms. The Kier molecular flexibility index (Phi) is 8.33. The number of aryl methyl sites for hydroxylation is 2. The van der Waals surface area contributed by atoms with E-state index in [9.17, 15) is 13.8 Å². The Morgan fingerprint density at radius 2 is 1.82 bits per heavy atom. The highest BCUT2D eigenvalue weighted by molar-refractivity contribution is 7.71. The molecule has 0 unspecified atom stereocenters. The molecule has 4 rings (SSSR count). The molecule has 0 spiro atoms. The number of nitrogens with zero attached hydrogens (tertiary/aromatic N) is 2. The van der Waals surface area contributed by atoms with Crippen LogP contribution in [0.5, 0.6) is 0 Å². The monoisotopic (exact) mass is 552 g/mol. The summed E-state index contributed by atoms with van der Waals surface area (Å²) in [5.41, 5.74) is 3.79. The van der Waals surface area contributed by atoms with Gasteiger partial charge in [-0.1, -0.05) is 13.8 Å². The summed E-state index contributed by atoms with van der Waals surface area (Å²) in [5, 5.41) is 19.4. The van der Waals surface area contributed by atoms with E-state index in [1.54, 1.807) is 45.4 Å². The molecule has 8 nitrogen and oxygen atoms in total. The highest BCUT2D eigenvalue weighted by Crippen LogP contribution is 2.45. The van der Waals surface area contributed by atoms with Crippen LogP contribution >= 0.6 is 7.14 Å². The average molecular weight is 553 g/mol. The minimum atomic E-state index is -2.53. The lowest BCUT2D eigenvalue weighted by molar-refractivity contribution is 0.582. The largest absolute Gasteiger partial charge is 0.387 e. The van der Waals surface area contributed by atoms with Gasteiger partial charge in [-0.3, -0.25) is 9.13 Å². The number of piperidine rings is 1. The van der Waals surface area contributed by atoms with Gasteiger partial charge in [0.25, 0.3) is 0 Å². The van der Waals surface area contributed by atoms with Crippen LogP contribution < -0.4 is 26.9 Å². The average Bonchev–Trinajstić information content (AvgIpc) is 3.30. The summed E-state index contributed by atoms with van der Waals surface area (Å²) >= 11 is 0. The van der Waals surface area contributed by atoms with Gasteiger partial charge in [-0.05, 0) is 62.2 Å². The molecule has 4 N–H and O–H groups in total. The van der Waals surface area contributed by atoms with E-state index in [1.165, 1.54) is 9.13 Å². The van der Waals surface area contributed by atoms with E-state index in [0.717, 1.165) is 11.0 Å². The second-order valence-electron chi connectivity index (χ2n) is 10.0. The second-order valence-corrected chi connectivity index (χ2v) is 13.5. The van der Waals surface area contributed by atoms with E-state index in [1.807, 2.05) is 39.0 Å². The standard InChI is InChI=1S/C29H38FN6O2P/c1-7-39(38,8-2)25-10-9-22(17-24(25)32-6)35-13-14-36(29(35)37)28(26-20(5)33-12-11-23(26)31)34-21-15-18(3)27(30)19(4)16-21/h9-10,13-17,20,31-34H,7-8,11-12H2,1-6H3/b28-26+,31-23?/t20-/m0/s1. The Morgan fingerprint density at radius 3 is 2.41 bits per heavy atom. The van der Waals surface area contributed by atoms with Crippen molar-refractivity contribution >= 4 is 35.4 Å². The zero-order valence-corrected chi connectivity index (χ0v) is 24.4. The fourth-order valence-corrected chi connectivity index (χ4v) is 7.30. The van der Waals surface area contributed by atoms with Gasteiger partial charge in [-0.2, -0.15) is 0 Å². The van der Waals surface area contributed by atoms with Gasteiger partial charge in [-0.15, -0.1) is 0 Å². The van der Waals surface area contributed by atoms with Crippen LogP contribution in [-0.2, 0) is 4.57 Å². The first kappa shape index (κ1) is 28.6. The smallest absolute Gasteiger partial charge is 0.338 e. The summed E-state index contributed by atoms with van der Waals surface area (Å²) in [4.78, 5) is 13.9. The predicted octanol–water partition coefficient (Wildman–Crippen LogP) is 5.15. The predicted molar refractivity (Wildman–Crippen MR) is 160 cm³/mol. The fraction of sp³-hybridized carbons (Fsp3) is 0.379. The maximum atomic E-state index is 14.3. The Hall–Kier alpha value is -3.42. The summed E-state index contributed by atoms with van der Waals surface area (Å²) in [5.74, 6) is 0.193. The van der Waals surface area contributed by atoms with Crippen molar-refractivity contribution in [3.63, 3.8) is 0 Å². The molecule has 0 saturated carbocycles.